The van der Waals surface area contributed by atoms with Crippen LogP contribution >= 0.6 is 0 Å². The van der Waals surface area contributed by atoms with Gasteiger partial charge in [-0.05, 0) is 51.4 Å². The smallest absolute Gasteiger partial charge is 0.123 e. The van der Waals surface area contributed by atoms with Crippen LogP contribution in [-0.2, 0) is 6.54 Å². The number of hydrogen-bond donors (Lipinski definition) is 1. The lowest BCUT2D eigenvalue weighted by Gasteiger charge is -2.27. The van der Waals surface area contributed by atoms with E-state index in [0.717, 1.165) is 36.3 Å². The maximum absolute atomic E-state index is 9.75. The van der Waals surface area contributed by atoms with Gasteiger partial charge in [0.2, 0.25) is 0 Å². The minimum Gasteiger partial charge on any atom is -0.494 e. The standard InChI is InChI=1S/C17H29NO2/c1-6-16(7-2)18(5)12-15-11-14(13(4)19)9-10-17(15)20-8-3/h9-11,13,16,19H,6-8,12H2,1-5H3. The van der Waals surface area contributed by atoms with E-state index < -0.39 is 6.10 Å². The monoisotopic (exact) mass is 279 g/mol. The first-order valence-electron chi connectivity index (χ1n) is 7.67. The highest BCUT2D eigenvalue weighted by Gasteiger charge is 2.14. The summed E-state index contributed by atoms with van der Waals surface area (Å²) >= 11 is 0. The van der Waals surface area contributed by atoms with Crippen molar-refractivity contribution in [1.82, 2.24) is 4.90 Å². The van der Waals surface area contributed by atoms with Crippen LogP contribution in [0.15, 0.2) is 18.2 Å². The maximum atomic E-state index is 9.75. The molecule has 0 spiro atoms. The number of benzene rings is 1. The van der Waals surface area contributed by atoms with Crippen molar-refractivity contribution < 1.29 is 9.84 Å². The molecule has 0 saturated heterocycles. The summed E-state index contributed by atoms with van der Waals surface area (Å²) in [5.74, 6) is 0.926. The molecule has 1 N–H and O–H groups in total. The quantitative estimate of drug-likeness (QED) is 0.786. The van der Waals surface area contributed by atoms with Gasteiger partial charge in [-0.1, -0.05) is 19.9 Å². The van der Waals surface area contributed by atoms with Crippen molar-refractivity contribution in [3.63, 3.8) is 0 Å². The van der Waals surface area contributed by atoms with Gasteiger partial charge in [-0.2, -0.15) is 0 Å². The van der Waals surface area contributed by atoms with E-state index in [0.29, 0.717) is 12.6 Å². The number of ether oxygens (including phenoxy) is 1. The van der Waals surface area contributed by atoms with Crippen LogP contribution in [0.1, 0.15) is 57.8 Å². The molecule has 0 heterocycles. The third kappa shape index (κ3) is 4.50. The molecule has 1 aromatic rings. The van der Waals surface area contributed by atoms with Crippen LogP contribution in [0.25, 0.3) is 0 Å². The van der Waals surface area contributed by atoms with E-state index >= 15 is 0 Å². The van der Waals surface area contributed by atoms with Crippen LogP contribution in [0.3, 0.4) is 0 Å². The van der Waals surface area contributed by atoms with E-state index in [1.165, 1.54) is 0 Å². The molecule has 114 valence electrons. The molecule has 1 atom stereocenters. The van der Waals surface area contributed by atoms with Crippen molar-refractivity contribution in [2.45, 2.75) is 59.2 Å². The second-order valence-electron chi connectivity index (χ2n) is 5.36. The molecule has 0 saturated carbocycles. The first kappa shape index (κ1) is 17.0. The lowest BCUT2D eigenvalue weighted by atomic mass is 10.0. The van der Waals surface area contributed by atoms with E-state index in [-0.39, 0.29) is 0 Å². The molecule has 1 unspecified atom stereocenters. The molecule has 3 nitrogen and oxygen atoms in total. The molecule has 0 aliphatic heterocycles. The number of hydrogen-bond acceptors (Lipinski definition) is 3. The predicted molar refractivity (Wildman–Crippen MR) is 84.1 cm³/mol. The molecule has 0 aliphatic carbocycles. The SMILES string of the molecule is CCOc1ccc(C(C)O)cc1CN(C)C(CC)CC. The Balaban J connectivity index is 2.97. The van der Waals surface area contributed by atoms with Crippen LogP contribution in [0.4, 0.5) is 0 Å². The van der Waals surface area contributed by atoms with E-state index in [4.69, 9.17) is 4.74 Å². The molecule has 3 heteroatoms. The van der Waals surface area contributed by atoms with Crippen LogP contribution in [0, 0.1) is 0 Å². The van der Waals surface area contributed by atoms with Gasteiger partial charge in [0.15, 0.2) is 0 Å². The number of rotatable bonds is 8. The third-order valence-corrected chi connectivity index (χ3v) is 3.85. The Morgan fingerprint density at radius 3 is 2.35 bits per heavy atom. The van der Waals surface area contributed by atoms with Gasteiger partial charge in [-0.15, -0.1) is 0 Å². The fraction of sp³-hybridized carbons (Fsp3) is 0.647. The zero-order valence-corrected chi connectivity index (χ0v) is 13.5. The summed E-state index contributed by atoms with van der Waals surface area (Å²) in [6, 6.07) is 6.56. The van der Waals surface area contributed by atoms with Gasteiger partial charge in [0.25, 0.3) is 0 Å². The normalized spacial score (nSPS) is 13.0. The van der Waals surface area contributed by atoms with E-state index in [1.54, 1.807) is 6.92 Å². The zero-order chi connectivity index (χ0) is 15.1. The average Bonchev–Trinajstić information content (AvgIpc) is 2.42. The van der Waals surface area contributed by atoms with E-state index in [1.807, 2.05) is 19.1 Å². The van der Waals surface area contributed by atoms with Gasteiger partial charge in [0, 0.05) is 18.2 Å². The fourth-order valence-corrected chi connectivity index (χ4v) is 2.59. The zero-order valence-electron chi connectivity index (χ0n) is 13.5. The molecule has 1 rings (SSSR count). The summed E-state index contributed by atoms with van der Waals surface area (Å²) < 4.78 is 5.71. The van der Waals surface area contributed by atoms with E-state index in [2.05, 4.69) is 31.9 Å². The predicted octanol–water partition coefficient (Wildman–Crippen LogP) is 3.76. The Hall–Kier alpha value is -1.06. The molecule has 1 aromatic carbocycles. The highest BCUT2D eigenvalue weighted by Crippen LogP contribution is 2.25. The van der Waals surface area contributed by atoms with E-state index in [9.17, 15) is 5.11 Å². The molecule has 0 fully saturated rings. The highest BCUT2D eigenvalue weighted by molar-refractivity contribution is 5.38. The average molecular weight is 279 g/mol. The topological polar surface area (TPSA) is 32.7 Å². The van der Waals surface area contributed by atoms with Crippen molar-refractivity contribution in [1.29, 1.82) is 0 Å². The molecular formula is C17H29NO2. The molecule has 20 heavy (non-hydrogen) atoms. The lowest BCUT2D eigenvalue weighted by molar-refractivity contribution is 0.197. The van der Waals surface area contributed by atoms with Crippen molar-refractivity contribution in [2.75, 3.05) is 13.7 Å². The van der Waals surface area contributed by atoms with Crippen molar-refractivity contribution >= 4 is 0 Å². The largest absolute Gasteiger partial charge is 0.494 e. The lowest BCUT2D eigenvalue weighted by Crippen LogP contribution is -2.30. The summed E-state index contributed by atoms with van der Waals surface area (Å²) in [4.78, 5) is 2.36. The van der Waals surface area contributed by atoms with Gasteiger partial charge < -0.3 is 9.84 Å². The molecular weight excluding hydrogens is 250 g/mol. The first-order valence-corrected chi connectivity index (χ1v) is 7.67. The van der Waals surface area contributed by atoms with Gasteiger partial charge >= 0.3 is 0 Å². The summed E-state index contributed by atoms with van der Waals surface area (Å²) in [7, 11) is 2.16. The number of nitrogens with zero attached hydrogens (tertiary/aromatic N) is 1. The van der Waals surface area contributed by atoms with Crippen molar-refractivity contribution in [3.05, 3.63) is 29.3 Å². The van der Waals surface area contributed by atoms with Crippen LogP contribution < -0.4 is 4.74 Å². The fourth-order valence-electron chi connectivity index (χ4n) is 2.59. The maximum Gasteiger partial charge on any atom is 0.123 e. The third-order valence-electron chi connectivity index (χ3n) is 3.85. The van der Waals surface area contributed by atoms with Crippen molar-refractivity contribution in [2.24, 2.45) is 0 Å². The minimum absolute atomic E-state index is 0.442. The summed E-state index contributed by atoms with van der Waals surface area (Å²) in [6.45, 7) is 9.75. The highest BCUT2D eigenvalue weighted by atomic mass is 16.5. The Morgan fingerprint density at radius 1 is 1.20 bits per heavy atom. The van der Waals surface area contributed by atoms with Gasteiger partial charge in [0.1, 0.15) is 5.75 Å². The number of aliphatic hydroxyl groups is 1. The van der Waals surface area contributed by atoms with Crippen LogP contribution in [0.5, 0.6) is 5.75 Å². The van der Waals surface area contributed by atoms with Gasteiger partial charge in [-0.3, -0.25) is 4.90 Å². The molecule has 0 bridgehead atoms. The molecule has 0 aliphatic rings. The Labute approximate surface area is 123 Å². The van der Waals surface area contributed by atoms with Crippen LogP contribution in [0.2, 0.25) is 0 Å². The summed E-state index contributed by atoms with van der Waals surface area (Å²) in [5, 5.41) is 9.75. The molecule has 0 radical (unpaired) electrons. The Morgan fingerprint density at radius 2 is 1.85 bits per heavy atom. The Bertz CT molecular complexity index is 400. The minimum atomic E-state index is -0.442. The van der Waals surface area contributed by atoms with Gasteiger partial charge in [0.05, 0.1) is 12.7 Å². The second-order valence-corrected chi connectivity index (χ2v) is 5.36. The van der Waals surface area contributed by atoms with Crippen molar-refractivity contribution in [3.8, 4) is 5.75 Å². The molecule has 0 aromatic heterocycles. The first-order chi connectivity index (χ1) is 9.53. The van der Waals surface area contributed by atoms with Gasteiger partial charge in [-0.25, -0.2) is 0 Å². The van der Waals surface area contributed by atoms with Crippen LogP contribution in [-0.4, -0.2) is 29.7 Å². The molecule has 0 amide bonds. The number of aliphatic hydroxyl groups excluding tert-OH is 1. The second kappa shape index (κ2) is 8.28. The Kier molecular flexibility index (Phi) is 7.03. The summed E-state index contributed by atoms with van der Waals surface area (Å²) in [5.41, 5.74) is 2.10. The summed E-state index contributed by atoms with van der Waals surface area (Å²) in [6.07, 6.45) is 1.85.